The number of guanidine groups is 1. The summed E-state index contributed by atoms with van der Waals surface area (Å²) in [6.07, 6.45) is 3.48. The lowest BCUT2D eigenvalue weighted by atomic mass is 10.2. The molecule has 0 aliphatic carbocycles. The maximum atomic E-state index is 14.0. The molecular formula is C21H28F2IN5. The van der Waals surface area contributed by atoms with Crippen LogP contribution in [-0.2, 0) is 6.42 Å². The van der Waals surface area contributed by atoms with Crippen LogP contribution in [0, 0.1) is 18.6 Å². The average molecular weight is 515 g/mol. The van der Waals surface area contributed by atoms with Crippen LogP contribution in [0.25, 0.3) is 0 Å². The van der Waals surface area contributed by atoms with Crippen molar-refractivity contribution in [2.75, 3.05) is 31.1 Å². The number of benzene rings is 1. The predicted molar refractivity (Wildman–Crippen MR) is 124 cm³/mol. The minimum absolute atomic E-state index is 0. The first-order chi connectivity index (χ1) is 13.6. The minimum Gasteiger partial charge on any atom is -0.365 e. The Labute approximate surface area is 188 Å². The number of aliphatic imine (C=N–C) groups is 1. The smallest absolute Gasteiger partial charge is 0.191 e. The Morgan fingerprint density at radius 1 is 1.24 bits per heavy atom. The highest BCUT2D eigenvalue weighted by atomic mass is 127. The molecule has 5 nitrogen and oxygen atoms in total. The second-order valence-corrected chi connectivity index (χ2v) is 6.96. The third-order valence-corrected chi connectivity index (χ3v) is 4.77. The number of anilines is 1. The van der Waals surface area contributed by atoms with Gasteiger partial charge in [-0.2, -0.15) is 0 Å². The molecule has 1 aliphatic rings. The molecular weight excluding hydrogens is 487 g/mol. The summed E-state index contributed by atoms with van der Waals surface area (Å²) < 4.78 is 28.0. The monoisotopic (exact) mass is 515 g/mol. The average Bonchev–Trinajstić information content (AvgIpc) is 3.11. The molecule has 0 bridgehead atoms. The SMILES string of the molecule is CCNC(=NCCc1ccc(C)nc1)NC1CCN(c2c(F)cccc2F)C1.I. The van der Waals surface area contributed by atoms with Gasteiger partial charge in [0.05, 0.1) is 0 Å². The van der Waals surface area contributed by atoms with Crippen LogP contribution in [0.5, 0.6) is 0 Å². The molecule has 1 unspecified atom stereocenters. The van der Waals surface area contributed by atoms with Crippen LogP contribution in [0.2, 0.25) is 0 Å². The van der Waals surface area contributed by atoms with Gasteiger partial charge in [0.1, 0.15) is 17.3 Å². The molecule has 0 saturated carbocycles. The second-order valence-electron chi connectivity index (χ2n) is 6.96. The van der Waals surface area contributed by atoms with Crippen molar-refractivity contribution < 1.29 is 8.78 Å². The number of aryl methyl sites for hydroxylation is 1. The summed E-state index contributed by atoms with van der Waals surface area (Å²) in [5.74, 6) is -0.315. The van der Waals surface area contributed by atoms with Gasteiger partial charge < -0.3 is 15.5 Å². The zero-order valence-corrected chi connectivity index (χ0v) is 19.1. The van der Waals surface area contributed by atoms with Crippen molar-refractivity contribution in [2.45, 2.75) is 32.7 Å². The van der Waals surface area contributed by atoms with Crippen molar-refractivity contribution in [1.29, 1.82) is 0 Å². The maximum absolute atomic E-state index is 14.0. The van der Waals surface area contributed by atoms with Crippen molar-refractivity contribution in [3.05, 3.63) is 59.4 Å². The van der Waals surface area contributed by atoms with E-state index in [0.29, 0.717) is 19.6 Å². The molecule has 0 radical (unpaired) electrons. The Morgan fingerprint density at radius 2 is 2.00 bits per heavy atom. The lowest BCUT2D eigenvalue weighted by Crippen LogP contribution is -2.44. The van der Waals surface area contributed by atoms with Gasteiger partial charge in [0, 0.05) is 44.1 Å². The quantitative estimate of drug-likeness (QED) is 0.351. The first-order valence-corrected chi connectivity index (χ1v) is 9.72. The molecule has 0 spiro atoms. The Morgan fingerprint density at radius 3 is 2.66 bits per heavy atom. The van der Waals surface area contributed by atoms with Gasteiger partial charge >= 0.3 is 0 Å². The zero-order chi connectivity index (χ0) is 19.9. The van der Waals surface area contributed by atoms with Gasteiger partial charge in [-0.1, -0.05) is 12.1 Å². The van der Waals surface area contributed by atoms with E-state index in [2.05, 4.69) is 26.7 Å². The van der Waals surface area contributed by atoms with Gasteiger partial charge in [0.15, 0.2) is 5.96 Å². The van der Waals surface area contributed by atoms with Crippen LogP contribution in [0.15, 0.2) is 41.5 Å². The Kier molecular flexibility index (Phi) is 9.06. The van der Waals surface area contributed by atoms with E-state index < -0.39 is 11.6 Å². The Hall–Kier alpha value is -1.97. The fourth-order valence-corrected chi connectivity index (χ4v) is 3.33. The first kappa shape index (κ1) is 23.3. The van der Waals surface area contributed by atoms with E-state index in [1.54, 1.807) is 4.90 Å². The largest absolute Gasteiger partial charge is 0.365 e. The van der Waals surface area contributed by atoms with E-state index in [1.807, 2.05) is 26.1 Å². The summed E-state index contributed by atoms with van der Waals surface area (Å²) >= 11 is 0. The molecule has 29 heavy (non-hydrogen) atoms. The fourth-order valence-electron chi connectivity index (χ4n) is 3.33. The number of pyridine rings is 1. The lowest BCUT2D eigenvalue weighted by Gasteiger charge is -2.21. The van der Waals surface area contributed by atoms with Gasteiger partial charge in [0.25, 0.3) is 0 Å². The van der Waals surface area contributed by atoms with Crippen LogP contribution in [0.1, 0.15) is 24.6 Å². The first-order valence-electron chi connectivity index (χ1n) is 9.72. The van der Waals surface area contributed by atoms with E-state index in [9.17, 15) is 8.78 Å². The molecule has 1 aromatic heterocycles. The van der Waals surface area contributed by atoms with Crippen molar-refractivity contribution in [2.24, 2.45) is 4.99 Å². The van der Waals surface area contributed by atoms with Crippen molar-refractivity contribution >= 4 is 35.6 Å². The molecule has 8 heteroatoms. The Balaban J connectivity index is 0.00000300. The van der Waals surface area contributed by atoms with Gasteiger partial charge in [-0.25, -0.2) is 8.78 Å². The van der Waals surface area contributed by atoms with E-state index in [4.69, 9.17) is 0 Å². The standard InChI is InChI=1S/C21H27F2N5.HI/c1-3-24-21(25-11-9-16-8-7-15(2)26-13-16)27-17-10-12-28(14-17)20-18(22)5-4-6-19(20)23;/h4-8,13,17H,3,9-12,14H2,1-2H3,(H2,24,25,27);1H. The van der Waals surface area contributed by atoms with E-state index >= 15 is 0 Å². The number of halogens is 3. The van der Waals surface area contributed by atoms with Crippen LogP contribution in [-0.4, -0.2) is 43.2 Å². The van der Waals surface area contributed by atoms with Crippen molar-refractivity contribution in [1.82, 2.24) is 15.6 Å². The highest BCUT2D eigenvalue weighted by molar-refractivity contribution is 14.0. The van der Waals surface area contributed by atoms with E-state index in [0.717, 1.165) is 36.6 Å². The Bertz CT molecular complexity index is 793. The summed E-state index contributed by atoms with van der Waals surface area (Å²) in [4.78, 5) is 10.7. The number of hydrogen-bond acceptors (Lipinski definition) is 3. The van der Waals surface area contributed by atoms with Crippen LogP contribution >= 0.6 is 24.0 Å². The molecule has 2 aromatic rings. The molecule has 1 saturated heterocycles. The molecule has 1 aliphatic heterocycles. The normalized spacial score (nSPS) is 16.5. The van der Waals surface area contributed by atoms with Gasteiger partial charge in [-0.3, -0.25) is 9.98 Å². The topological polar surface area (TPSA) is 52.6 Å². The van der Waals surface area contributed by atoms with Gasteiger partial charge in [0.2, 0.25) is 0 Å². The molecule has 1 aromatic carbocycles. The zero-order valence-electron chi connectivity index (χ0n) is 16.8. The van der Waals surface area contributed by atoms with Gasteiger partial charge in [-0.15, -0.1) is 24.0 Å². The van der Waals surface area contributed by atoms with Crippen LogP contribution in [0.3, 0.4) is 0 Å². The maximum Gasteiger partial charge on any atom is 0.191 e. The highest BCUT2D eigenvalue weighted by Crippen LogP contribution is 2.26. The number of aromatic nitrogens is 1. The van der Waals surface area contributed by atoms with E-state index in [-0.39, 0.29) is 35.7 Å². The fraction of sp³-hybridized carbons (Fsp3) is 0.429. The lowest BCUT2D eigenvalue weighted by molar-refractivity contribution is 0.576. The second kappa shape index (κ2) is 11.3. The molecule has 2 N–H and O–H groups in total. The molecule has 3 rings (SSSR count). The summed E-state index contributed by atoms with van der Waals surface area (Å²) in [6, 6.07) is 8.13. The molecule has 0 amide bonds. The number of rotatable bonds is 6. The third kappa shape index (κ3) is 6.52. The van der Waals surface area contributed by atoms with Crippen LogP contribution in [0.4, 0.5) is 14.5 Å². The third-order valence-electron chi connectivity index (χ3n) is 4.77. The summed E-state index contributed by atoms with van der Waals surface area (Å²) in [6.45, 7) is 6.49. The number of hydrogen-bond donors (Lipinski definition) is 2. The predicted octanol–water partition coefficient (Wildman–Crippen LogP) is 3.66. The molecule has 1 atom stereocenters. The minimum atomic E-state index is -0.520. The summed E-state index contributed by atoms with van der Waals surface area (Å²) in [7, 11) is 0. The van der Waals surface area contributed by atoms with Crippen molar-refractivity contribution in [3.63, 3.8) is 0 Å². The number of para-hydroxylation sites is 1. The molecule has 1 fully saturated rings. The van der Waals surface area contributed by atoms with Crippen LogP contribution < -0.4 is 15.5 Å². The number of nitrogens with one attached hydrogen (secondary N) is 2. The van der Waals surface area contributed by atoms with Crippen molar-refractivity contribution in [3.8, 4) is 0 Å². The molecule has 2 heterocycles. The number of nitrogens with zero attached hydrogens (tertiary/aromatic N) is 3. The summed E-state index contributed by atoms with van der Waals surface area (Å²) in [5, 5.41) is 6.63. The van der Waals surface area contributed by atoms with E-state index in [1.165, 1.54) is 18.2 Å². The highest BCUT2D eigenvalue weighted by Gasteiger charge is 2.27. The van der Waals surface area contributed by atoms with Gasteiger partial charge in [-0.05, 0) is 50.5 Å². The molecule has 158 valence electrons. The summed E-state index contributed by atoms with van der Waals surface area (Å²) in [5.41, 5.74) is 2.20.